The van der Waals surface area contributed by atoms with E-state index in [-0.39, 0.29) is 0 Å². The molecule has 0 nitrogen and oxygen atoms in total. The van der Waals surface area contributed by atoms with Crippen molar-refractivity contribution in [2.45, 2.75) is 21.0 Å². The topological polar surface area (TPSA) is 0 Å². The van der Waals surface area contributed by atoms with E-state index in [4.69, 9.17) is 25.3 Å². The highest BCUT2D eigenvalue weighted by Crippen LogP contribution is 2.28. The summed E-state index contributed by atoms with van der Waals surface area (Å²) in [6.07, 6.45) is 0. The van der Waals surface area contributed by atoms with Crippen molar-refractivity contribution in [3.8, 4) is 0 Å². The molecule has 0 saturated carbocycles. The average Bonchev–Trinajstić information content (AvgIpc) is 2.70. The molecule has 0 aromatic rings. The van der Waals surface area contributed by atoms with E-state index in [2.05, 4.69) is 50.5 Å². The van der Waals surface area contributed by atoms with E-state index in [0.717, 1.165) is 46.0 Å². The van der Waals surface area contributed by atoms with Gasteiger partial charge in [0.2, 0.25) is 0 Å². The van der Waals surface area contributed by atoms with Crippen LogP contribution in [-0.2, 0) is 0 Å². The lowest BCUT2D eigenvalue weighted by molar-refractivity contribution is 1.15. The molecule has 0 N–H and O–H groups in total. The fourth-order valence-electron chi connectivity index (χ4n) is 1.66. The molecule has 0 aromatic heterocycles. The van der Waals surface area contributed by atoms with E-state index in [1.807, 2.05) is 68.6 Å². The van der Waals surface area contributed by atoms with Gasteiger partial charge in [0, 0.05) is 90.0 Å². The van der Waals surface area contributed by atoms with Crippen LogP contribution in [0.3, 0.4) is 0 Å². The smallest absolute Gasteiger partial charge is 0.0224 e. The first-order chi connectivity index (χ1) is 13.6. The van der Waals surface area contributed by atoms with Crippen LogP contribution in [0.2, 0.25) is 0 Å². The Morgan fingerprint density at radius 1 is 0.500 bits per heavy atom. The third-order valence-electron chi connectivity index (χ3n) is 3.20. The first kappa shape index (κ1) is 32.2. The summed E-state index contributed by atoms with van der Waals surface area (Å²) in [4.78, 5) is 0. The number of thioether (sulfide) groups is 4. The summed E-state index contributed by atoms with van der Waals surface area (Å²) >= 11 is 34.8. The van der Waals surface area contributed by atoms with Gasteiger partial charge in [-0.05, 0) is 0 Å². The molecule has 0 amide bonds. The fourth-order valence-corrected chi connectivity index (χ4v) is 12.1. The molecule has 0 aliphatic rings. The third kappa shape index (κ3) is 20.8. The largest absolute Gasteiger partial charge is 0.178 e. The Morgan fingerprint density at radius 3 is 1.18 bits per heavy atom. The van der Waals surface area contributed by atoms with Gasteiger partial charge in [-0.1, -0.05) is 21.6 Å². The van der Waals surface area contributed by atoms with Crippen LogP contribution in [0.25, 0.3) is 0 Å². The molecule has 0 heterocycles. The van der Waals surface area contributed by atoms with Crippen LogP contribution in [0.1, 0.15) is 0 Å². The average molecular weight is 611 g/mol. The van der Waals surface area contributed by atoms with Crippen molar-refractivity contribution >= 4 is 144 Å². The highest BCUT2D eigenvalue weighted by molar-refractivity contribution is 8.76. The number of hydrogen-bond acceptors (Lipinski definition) is 12. The van der Waals surface area contributed by atoms with E-state index >= 15 is 0 Å². The Morgan fingerprint density at radius 2 is 0.857 bits per heavy atom. The van der Waals surface area contributed by atoms with Gasteiger partial charge in [-0.15, -0.1) is 0 Å². The van der Waals surface area contributed by atoms with Gasteiger partial charge in [0.15, 0.2) is 0 Å². The minimum Gasteiger partial charge on any atom is -0.178 e. The molecule has 0 bridgehead atoms. The second-order valence-corrected chi connectivity index (χ2v) is 16.3. The Hall–Kier alpha value is 4.20. The van der Waals surface area contributed by atoms with Gasteiger partial charge in [-0.3, -0.25) is 0 Å². The first-order valence-corrected chi connectivity index (χ1v) is 19.5. The summed E-state index contributed by atoms with van der Waals surface area (Å²) in [6.45, 7) is 0. The lowest BCUT2D eigenvalue weighted by atomic mass is 10.5. The maximum atomic E-state index is 4.72. The number of hydrogen-bond donors (Lipinski definition) is 6. The lowest BCUT2D eigenvalue weighted by Crippen LogP contribution is -2.10. The molecule has 2 unspecified atom stereocenters. The zero-order valence-electron chi connectivity index (χ0n) is 15.9. The molecule has 0 fully saturated rings. The van der Waals surface area contributed by atoms with Crippen LogP contribution >= 0.6 is 144 Å². The van der Waals surface area contributed by atoms with Crippen LogP contribution in [0.15, 0.2) is 0 Å². The third-order valence-corrected chi connectivity index (χ3v) is 15.5. The lowest BCUT2D eigenvalue weighted by Gasteiger charge is -2.13. The van der Waals surface area contributed by atoms with E-state index < -0.39 is 0 Å². The summed E-state index contributed by atoms with van der Waals surface area (Å²) in [6, 6.07) is 0. The molecule has 2 atom stereocenters. The van der Waals surface area contributed by atoms with Gasteiger partial charge in [0.05, 0.1) is 0 Å². The van der Waals surface area contributed by atoms with Gasteiger partial charge in [0.1, 0.15) is 0 Å². The minimum absolute atomic E-state index is 0.467. The Balaban J connectivity index is 3.45. The maximum Gasteiger partial charge on any atom is 0.0224 e. The zero-order valence-corrected chi connectivity index (χ0v) is 26.2. The molecular formula is C16H34S12. The van der Waals surface area contributed by atoms with Gasteiger partial charge in [-0.2, -0.15) is 123 Å². The quantitative estimate of drug-likeness (QED) is 0.0505. The molecule has 170 valence electrons. The molecule has 0 saturated heterocycles. The van der Waals surface area contributed by atoms with E-state index in [1.165, 1.54) is 23.0 Å². The summed E-state index contributed by atoms with van der Waals surface area (Å²) in [5.41, 5.74) is 0. The van der Waals surface area contributed by atoms with Crippen molar-refractivity contribution in [1.29, 1.82) is 0 Å². The van der Waals surface area contributed by atoms with E-state index in [9.17, 15) is 0 Å². The van der Waals surface area contributed by atoms with Crippen molar-refractivity contribution in [2.24, 2.45) is 0 Å². The van der Waals surface area contributed by atoms with Crippen LogP contribution in [0.5, 0.6) is 0 Å². The van der Waals surface area contributed by atoms with E-state index in [1.54, 1.807) is 0 Å². The van der Waals surface area contributed by atoms with Crippen LogP contribution in [-0.4, -0.2) is 90.0 Å². The SMILES string of the molecule is SCC(CS)SCCSCC(S)CSSCC(S)CSCCSC(CS)CS. The minimum atomic E-state index is 0.467. The molecular weight excluding hydrogens is 577 g/mol. The summed E-state index contributed by atoms with van der Waals surface area (Å²) < 4.78 is 0. The maximum absolute atomic E-state index is 4.72. The van der Waals surface area contributed by atoms with Crippen LogP contribution < -0.4 is 0 Å². The molecule has 0 rings (SSSR count). The molecule has 0 aromatic carbocycles. The molecule has 0 aliphatic heterocycles. The molecule has 28 heavy (non-hydrogen) atoms. The first-order valence-electron chi connectivity index (χ1n) is 8.99. The summed E-state index contributed by atoms with van der Waals surface area (Å²) in [7, 11) is 3.88. The second kappa shape index (κ2) is 24.3. The Bertz CT molecular complexity index is 284. The van der Waals surface area contributed by atoms with Crippen molar-refractivity contribution in [2.75, 3.05) is 69.0 Å². The van der Waals surface area contributed by atoms with Crippen molar-refractivity contribution < 1.29 is 0 Å². The second-order valence-electron chi connectivity index (χ2n) is 5.74. The number of rotatable bonds is 21. The molecule has 12 heteroatoms. The monoisotopic (exact) mass is 610 g/mol. The normalized spacial score (nSPS) is 14.1. The zero-order chi connectivity index (χ0) is 21.0. The molecule has 0 radical (unpaired) electrons. The number of thiol groups is 6. The highest BCUT2D eigenvalue weighted by Gasteiger charge is 2.09. The predicted octanol–water partition coefficient (Wildman–Crippen LogP) is 6.35. The van der Waals surface area contributed by atoms with Crippen molar-refractivity contribution in [1.82, 2.24) is 0 Å². The standard InChI is InChI=1S/C16H34S12/c17-5-15(6-18)25-3-1-23-9-13(21)11-27-28-12-14(22)10-24-2-4-26-16(7-19)8-20/h13-22H,1-12H2. The van der Waals surface area contributed by atoms with Gasteiger partial charge in [-0.25, -0.2) is 0 Å². The van der Waals surface area contributed by atoms with Gasteiger partial charge in [0.25, 0.3) is 0 Å². The van der Waals surface area contributed by atoms with Crippen LogP contribution in [0.4, 0.5) is 0 Å². The fraction of sp³-hybridized carbons (Fsp3) is 1.00. The summed E-state index contributed by atoms with van der Waals surface area (Å²) in [5, 5.41) is 2.09. The van der Waals surface area contributed by atoms with Crippen molar-refractivity contribution in [3.05, 3.63) is 0 Å². The van der Waals surface area contributed by atoms with Gasteiger partial charge < -0.3 is 0 Å². The predicted molar refractivity (Wildman–Crippen MR) is 173 cm³/mol. The van der Waals surface area contributed by atoms with Gasteiger partial charge >= 0.3 is 0 Å². The van der Waals surface area contributed by atoms with E-state index in [0.29, 0.717) is 21.0 Å². The summed E-state index contributed by atoms with van der Waals surface area (Å²) in [5.74, 6) is 12.9. The molecule has 0 spiro atoms. The Kier molecular flexibility index (Phi) is 28.0. The molecule has 0 aliphatic carbocycles. The highest BCUT2D eigenvalue weighted by atomic mass is 33.1. The van der Waals surface area contributed by atoms with Crippen molar-refractivity contribution in [3.63, 3.8) is 0 Å². The van der Waals surface area contributed by atoms with Crippen LogP contribution in [0, 0.1) is 0 Å². The Labute approximate surface area is 231 Å².